The first-order valence-corrected chi connectivity index (χ1v) is 8.24. The van der Waals surface area contributed by atoms with Gasteiger partial charge in [0.15, 0.2) is 5.11 Å². The van der Waals surface area contributed by atoms with Gasteiger partial charge in [-0.05, 0) is 49.7 Å². The van der Waals surface area contributed by atoms with Crippen molar-refractivity contribution in [1.29, 1.82) is 0 Å². The molecule has 0 amide bonds. The third kappa shape index (κ3) is 4.51. The van der Waals surface area contributed by atoms with Crippen LogP contribution in [0.3, 0.4) is 0 Å². The fourth-order valence-corrected chi connectivity index (χ4v) is 3.52. The molecular weight excluding hydrogens is 311 g/mol. The van der Waals surface area contributed by atoms with Crippen LogP contribution in [0.5, 0.6) is 0 Å². The Kier molecular flexibility index (Phi) is 5.94. The third-order valence-corrected chi connectivity index (χ3v) is 4.52. The van der Waals surface area contributed by atoms with Crippen LogP contribution in [0.25, 0.3) is 0 Å². The van der Waals surface area contributed by atoms with Crippen LogP contribution in [-0.4, -0.2) is 11.2 Å². The first kappa shape index (κ1) is 15.9. The van der Waals surface area contributed by atoms with Crippen molar-refractivity contribution in [2.24, 2.45) is 0 Å². The summed E-state index contributed by atoms with van der Waals surface area (Å²) in [6.45, 7) is 2.05. The molecule has 0 aliphatic heterocycles. The molecule has 1 aliphatic carbocycles. The molecular formula is C15H20Cl2N2S. The Morgan fingerprint density at radius 3 is 2.60 bits per heavy atom. The summed E-state index contributed by atoms with van der Waals surface area (Å²) in [6.07, 6.45) is 6.34. The first-order valence-electron chi connectivity index (χ1n) is 7.08. The molecule has 0 aromatic heterocycles. The Hall–Kier alpha value is -0.510. The van der Waals surface area contributed by atoms with Crippen LogP contribution in [-0.2, 0) is 0 Å². The molecule has 1 aliphatic rings. The number of nitrogens with one attached hydrogen (secondary N) is 2. The highest BCUT2D eigenvalue weighted by Crippen LogP contribution is 2.26. The van der Waals surface area contributed by atoms with Gasteiger partial charge in [-0.15, -0.1) is 0 Å². The smallest absolute Gasteiger partial charge is 0.166 e. The second kappa shape index (κ2) is 7.48. The average molecular weight is 331 g/mol. The van der Waals surface area contributed by atoms with E-state index >= 15 is 0 Å². The molecule has 2 rings (SSSR count). The molecule has 1 saturated carbocycles. The van der Waals surface area contributed by atoms with E-state index in [2.05, 4.69) is 10.6 Å². The fraction of sp³-hybridized carbons (Fsp3) is 0.533. The minimum atomic E-state index is 0.0587. The fourth-order valence-electron chi connectivity index (χ4n) is 2.60. The number of hydrogen-bond acceptors (Lipinski definition) is 1. The summed E-state index contributed by atoms with van der Waals surface area (Å²) in [6, 6.07) is 6.11. The lowest BCUT2D eigenvalue weighted by molar-refractivity contribution is 0.411. The monoisotopic (exact) mass is 330 g/mol. The van der Waals surface area contributed by atoms with E-state index in [-0.39, 0.29) is 6.04 Å². The van der Waals surface area contributed by atoms with Gasteiger partial charge >= 0.3 is 0 Å². The molecule has 5 heteroatoms. The zero-order valence-electron chi connectivity index (χ0n) is 11.6. The van der Waals surface area contributed by atoms with Crippen molar-refractivity contribution >= 4 is 40.5 Å². The van der Waals surface area contributed by atoms with E-state index < -0.39 is 0 Å². The van der Waals surface area contributed by atoms with E-state index in [0.717, 1.165) is 5.56 Å². The molecule has 0 heterocycles. The maximum absolute atomic E-state index is 6.21. The van der Waals surface area contributed by atoms with Gasteiger partial charge in [-0.2, -0.15) is 0 Å². The van der Waals surface area contributed by atoms with Crippen molar-refractivity contribution in [1.82, 2.24) is 10.6 Å². The van der Waals surface area contributed by atoms with Crippen molar-refractivity contribution in [2.45, 2.75) is 51.1 Å². The average Bonchev–Trinajstić information content (AvgIpc) is 2.39. The third-order valence-electron chi connectivity index (χ3n) is 3.72. The lowest BCUT2D eigenvalue weighted by Crippen LogP contribution is -2.43. The zero-order valence-corrected chi connectivity index (χ0v) is 13.9. The van der Waals surface area contributed by atoms with Gasteiger partial charge in [0.05, 0.1) is 6.04 Å². The maximum atomic E-state index is 6.21. The molecule has 110 valence electrons. The van der Waals surface area contributed by atoms with Crippen molar-refractivity contribution in [3.05, 3.63) is 33.8 Å². The first-order chi connectivity index (χ1) is 9.56. The van der Waals surface area contributed by atoms with E-state index in [9.17, 15) is 0 Å². The Balaban J connectivity index is 1.89. The summed E-state index contributed by atoms with van der Waals surface area (Å²) in [5.74, 6) is 0. The number of rotatable bonds is 3. The summed E-state index contributed by atoms with van der Waals surface area (Å²) in [7, 11) is 0. The maximum Gasteiger partial charge on any atom is 0.166 e. The number of thiocarbonyl (C=S) groups is 1. The molecule has 1 unspecified atom stereocenters. The van der Waals surface area contributed by atoms with E-state index in [1.807, 2.05) is 19.1 Å². The van der Waals surface area contributed by atoms with E-state index in [0.29, 0.717) is 21.2 Å². The lowest BCUT2D eigenvalue weighted by Gasteiger charge is -2.26. The predicted octanol–water partition coefficient (Wildman–Crippen LogP) is 4.85. The Morgan fingerprint density at radius 2 is 1.95 bits per heavy atom. The minimum absolute atomic E-state index is 0.0587. The molecule has 0 bridgehead atoms. The van der Waals surface area contributed by atoms with Gasteiger partial charge in [0.25, 0.3) is 0 Å². The van der Waals surface area contributed by atoms with E-state index in [1.54, 1.807) is 6.07 Å². The zero-order chi connectivity index (χ0) is 14.5. The second-order valence-electron chi connectivity index (χ2n) is 5.34. The largest absolute Gasteiger partial charge is 0.360 e. The van der Waals surface area contributed by atoms with Crippen LogP contribution in [0.1, 0.15) is 50.6 Å². The summed E-state index contributed by atoms with van der Waals surface area (Å²) in [5.41, 5.74) is 1.00. The van der Waals surface area contributed by atoms with Crippen molar-refractivity contribution < 1.29 is 0 Å². The Bertz CT molecular complexity index is 473. The van der Waals surface area contributed by atoms with E-state index in [4.69, 9.17) is 35.4 Å². The van der Waals surface area contributed by atoms with Gasteiger partial charge in [-0.1, -0.05) is 48.5 Å². The SMILES string of the molecule is CC(NC(=S)NC1CCCCC1)c1ccc(Cl)cc1Cl. The van der Waals surface area contributed by atoms with Gasteiger partial charge in [-0.3, -0.25) is 0 Å². The van der Waals surface area contributed by atoms with E-state index in [1.165, 1.54) is 32.1 Å². The molecule has 0 radical (unpaired) electrons. The Morgan fingerprint density at radius 1 is 1.25 bits per heavy atom. The van der Waals surface area contributed by atoms with Crippen LogP contribution >= 0.6 is 35.4 Å². The molecule has 0 saturated heterocycles. The van der Waals surface area contributed by atoms with Gasteiger partial charge in [0.2, 0.25) is 0 Å². The lowest BCUT2D eigenvalue weighted by atomic mass is 9.96. The molecule has 2 N–H and O–H groups in total. The highest BCUT2D eigenvalue weighted by molar-refractivity contribution is 7.80. The van der Waals surface area contributed by atoms with Crippen LogP contribution in [0.4, 0.5) is 0 Å². The number of benzene rings is 1. The quantitative estimate of drug-likeness (QED) is 0.774. The Labute approximate surface area is 136 Å². The summed E-state index contributed by atoms with van der Waals surface area (Å²) >= 11 is 17.5. The molecule has 20 heavy (non-hydrogen) atoms. The highest BCUT2D eigenvalue weighted by atomic mass is 35.5. The summed E-state index contributed by atoms with van der Waals surface area (Å²) in [4.78, 5) is 0. The normalized spacial score (nSPS) is 17.6. The molecule has 1 atom stereocenters. The second-order valence-corrected chi connectivity index (χ2v) is 6.59. The van der Waals surface area contributed by atoms with Crippen molar-refractivity contribution in [3.63, 3.8) is 0 Å². The van der Waals surface area contributed by atoms with Gasteiger partial charge in [-0.25, -0.2) is 0 Å². The van der Waals surface area contributed by atoms with Gasteiger partial charge < -0.3 is 10.6 Å². The summed E-state index contributed by atoms with van der Waals surface area (Å²) in [5, 5.41) is 8.71. The molecule has 1 fully saturated rings. The number of halogens is 2. The molecule has 0 spiro atoms. The van der Waals surface area contributed by atoms with Crippen molar-refractivity contribution in [3.8, 4) is 0 Å². The van der Waals surface area contributed by atoms with Crippen LogP contribution in [0.2, 0.25) is 10.0 Å². The van der Waals surface area contributed by atoms with Gasteiger partial charge in [0, 0.05) is 16.1 Å². The van der Waals surface area contributed by atoms with Gasteiger partial charge in [0.1, 0.15) is 0 Å². The van der Waals surface area contributed by atoms with Crippen LogP contribution < -0.4 is 10.6 Å². The predicted molar refractivity (Wildman–Crippen MR) is 90.6 cm³/mol. The highest BCUT2D eigenvalue weighted by Gasteiger charge is 2.16. The summed E-state index contributed by atoms with van der Waals surface area (Å²) < 4.78 is 0. The number of hydrogen-bond donors (Lipinski definition) is 2. The van der Waals surface area contributed by atoms with Crippen molar-refractivity contribution in [2.75, 3.05) is 0 Å². The van der Waals surface area contributed by atoms with Crippen LogP contribution in [0.15, 0.2) is 18.2 Å². The molecule has 1 aromatic carbocycles. The minimum Gasteiger partial charge on any atom is -0.360 e. The molecule has 1 aromatic rings. The standard InChI is InChI=1S/C15H20Cl2N2S/c1-10(13-8-7-11(16)9-14(13)17)18-15(20)19-12-5-3-2-4-6-12/h7-10,12H,2-6H2,1H3,(H2,18,19,20). The topological polar surface area (TPSA) is 24.1 Å². The molecule has 2 nitrogen and oxygen atoms in total. The van der Waals surface area contributed by atoms with Crippen LogP contribution in [0, 0.1) is 0 Å².